The highest BCUT2D eigenvalue weighted by molar-refractivity contribution is 5.86. The molecule has 4 nitrogen and oxygen atoms in total. The lowest BCUT2D eigenvalue weighted by Gasteiger charge is -2.16. The zero-order valence-electron chi connectivity index (χ0n) is 20.9. The van der Waals surface area contributed by atoms with Gasteiger partial charge in [0.15, 0.2) is 0 Å². The molecule has 0 saturated carbocycles. The van der Waals surface area contributed by atoms with Crippen LogP contribution in [0, 0.1) is 0 Å². The van der Waals surface area contributed by atoms with Gasteiger partial charge in [0.25, 0.3) is 0 Å². The lowest BCUT2D eigenvalue weighted by molar-refractivity contribution is 0.299. The summed E-state index contributed by atoms with van der Waals surface area (Å²) in [4.78, 5) is 0. The van der Waals surface area contributed by atoms with Crippen molar-refractivity contribution in [2.75, 3.05) is 19.0 Å². The molecule has 4 rings (SSSR count). The van der Waals surface area contributed by atoms with E-state index >= 15 is 0 Å². The van der Waals surface area contributed by atoms with E-state index in [9.17, 15) is 0 Å². The summed E-state index contributed by atoms with van der Waals surface area (Å²) in [5.41, 5.74) is 7.83. The third-order valence-corrected chi connectivity index (χ3v) is 6.07. The molecule has 4 aromatic rings. The zero-order chi connectivity index (χ0) is 25.2. The Morgan fingerprint density at radius 3 is 2.19 bits per heavy atom. The summed E-state index contributed by atoms with van der Waals surface area (Å²) >= 11 is 0. The van der Waals surface area contributed by atoms with Crippen molar-refractivity contribution < 1.29 is 14.6 Å². The van der Waals surface area contributed by atoms with Crippen molar-refractivity contribution in [2.45, 2.75) is 26.5 Å². The van der Waals surface area contributed by atoms with Crippen LogP contribution in [0.4, 0.5) is 5.69 Å². The Morgan fingerprint density at radius 2 is 1.50 bits per heavy atom. The quantitative estimate of drug-likeness (QED) is 0.228. The number of methoxy groups -OCH3 is 1. The third kappa shape index (κ3) is 7.00. The number of hydrogen-bond acceptors (Lipinski definition) is 4. The van der Waals surface area contributed by atoms with E-state index in [1.807, 2.05) is 36.4 Å². The van der Waals surface area contributed by atoms with Gasteiger partial charge >= 0.3 is 0 Å². The fourth-order valence-corrected chi connectivity index (χ4v) is 4.01. The summed E-state index contributed by atoms with van der Waals surface area (Å²) < 4.78 is 11.4. The first kappa shape index (κ1) is 25.1. The number of allylic oxidation sites excluding steroid dienone is 1. The SMILES string of the molecule is COc1ccc(/C=C(\C)c2cc(OCc3ccccc3)ccc2NCc2ccc(CCO)cc2)cc1. The second kappa shape index (κ2) is 12.6. The van der Waals surface area contributed by atoms with Crippen molar-refractivity contribution in [3.8, 4) is 11.5 Å². The van der Waals surface area contributed by atoms with E-state index in [1.165, 1.54) is 5.56 Å². The van der Waals surface area contributed by atoms with Crippen LogP contribution in [-0.2, 0) is 19.6 Å². The van der Waals surface area contributed by atoms with Crippen LogP contribution in [0.3, 0.4) is 0 Å². The minimum atomic E-state index is 0.166. The topological polar surface area (TPSA) is 50.7 Å². The summed E-state index contributed by atoms with van der Waals surface area (Å²) in [6, 6.07) is 32.8. The molecule has 36 heavy (non-hydrogen) atoms. The lowest BCUT2D eigenvalue weighted by Crippen LogP contribution is -2.03. The molecule has 0 radical (unpaired) electrons. The van der Waals surface area contributed by atoms with Crippen molar-refractivity contribution in [1.82, 2.24) is 0 Å². The molecule has 2 N–H and O–H groups in total. The molecule has 0 aliphatic carbocycles. The van der Waals surface area contributed by atoms with E-state index in [4.69, 9.17) is 14.6 Å². The minimum absolute atomic E-state index is 0.166. The smallest absolute Gasteiger partial charge is 0.120 e. The molecule has 184 valence electrons. The van der Waals surface area contributed by atoms with Crippen LogP contribution >= 0.6 is 0 Å². The predicted molar refractivity (Wildman–Crippen MR) is 148 cm³/mol. The van der Waals surface area contributed by atoms with Crippen molar-refractivity contribution in [3.63, 3.8) is 0 Å². The highest BCUT2D eigenvalue weighted by Gasteiger charge is 2.09. The number of nitrogens with one attached hydrogen (secondary N) is 1. The molecule has 0 fully saturated rings. The molecule has 0 bridgehead atoms. The highest BCUT2D eigenvalue weighted by atomic mass is 16.5. The van der Waals surface area contributed by atoms with Crippen LogP contribution in [0.5, 0.6) is 11.5 Å². The fraction of sp³-hybridized carbons (Fsp3) is 0.188. The molecule has 4 aromatic carbocycles. The predicted octanol–water partition coefficient (Wildman–Crippen LogP) is 6.98. The van der Waals surface area contributed by atoms with Crippen LogP contribution < -0.4 is 14.8 Å². The normalized spacial score (nSPS) is 11.2. The van der Waals surface area contributed by atoms with E-state index in [1.54, 1.807) is 7.11 Å². The second-order valence-corrected chi connectivity index (χ2v) is 8.73. The molecule has 0 amide bonds. The largest absolute Gasteiger partial charge is 0.497 e. The van der Waals surface area contributed by atoms with Gasteiger partial charge in [-0.15, -0.1) is 0 Å². The summed E-state index contributed by atoms with van der Waals surface area (Å²) in [5.74, 6) is 1.67. The fourth-order valence-electron chi connectivity index (χ4n) is 4.01. The highest BCUT2D eigenvalue weighted by Crippen LogP contribution is 2.31. The maximum absolute atomic E-state index is 9.15. The summed E-state index contributed by atoms with van der Waals surface area (Å²) in [5, 5.41) is 12.7. The first-order valence-corrected chi connectivity index (χ1v) is 12.2. The first-order chi connectivity index (χ1) is 17.6. The van der Waals surface area contributed by atoms with Crippen LogP contribution in [0.15, 0.2) is 97.1 Å². The van der Waals surface area contributed by atoms with Crippen molar-refractivity contribution in [2.24, 2.45) is 0 Å². The molecule has 0 atom stereocenters. The van der Waals surface area contributed by atoms with Gasteiger partial charge in [0.05, 0.1) is 7.11 Å². The number of benzene rings is 4. The van der Waals surface area contributed by atoms with Gasteiger partial charge in [-0.3, -0.25) is 0 Å². The monoisotopic (exact) mass is 479 g/mol. The Balaban J connectivity index is 1.56. The zero-order valence-corrected chi connectivity index (χ0v) is 20.9. The average molecular weight is 480 g/mol. The van der Waals surface area contributed by atoms with E-state index in [0.717, 1.165) is 45.0 Å². The van der Waals surface area contributed by atoms with Gasteiger partial charge in [0, 0.05) is 24.4 Å². The molecule has 0 aromatic heterocycles. The van der Waals surface area contributed by atoms with Gasteiger partial charge in [0.1, 0.15) is 18.1 Å². The Morgan fingerprint density at radius 1 is 0.806 bits per heavy atom. The number of aliphatic hydroxyl groups excluding tert-OH is 1. The molecule has 0 saturated heterocycles. The summed E-state index contributed by atoms with van der Waals surface area (Å²) in [7, 11) is 1.68. The van der Waals surface area contributed by atoms with Crippen LogP contribution in [-0.4, -0.2) is 18.8 Å². The lowest BCUT2D eigenvalue weighted by atomic mass is 10.0. The van der Waals surface area contributed by atoms with Crippen LogP contribution in [0.1, 0.15) is 34.7 Å². The van der Waals surface area contributed by atoms with Gasteiger partial charge in [-0.25, -0.2) is 0 Å². The number of anilines is 1. The minimum Gasteiger partial charge on any atom is -0.497 e. The van der Waals surface area contributed by atoms with E-state index < -0.39 is 0 Å². The average Bonchev–Trinajstić information content (AvgIpc) is 2.93. The van der Waals surface area contributed by atoms with Crippen molar-refractivity contribution in [3.05, 3.63) is 125 Å². The van der Waals surface area contributed by atoms with Crippen molar-refractivity contribution in [1.29, 1.82) is 0 Å². The maximum atomic E-state index is 9.15. The van der Waals surface area contributed by atoms with Gasteiger partial charge in [-0.2, -0.15) is 0 Å². The summed E-state index contributed by atoms with van der Waals surface area (Å²) in [6.07, 6.45) is 2.85. The Hall–Kier alpha value is -4.02. The van der Waals surface area contributed by atoms with Gasteiger partial charge in [0.2, 0.25) is 0 Å². The molecule has 0 heterocycles. The number of ether oxygens (including phenoxy) is 2. The molecular weight excluding hydrogens is 446 g/mol. The van der Waals surface area contributed by atoms with E-state index in [2.05, 4.69) is 79.0 Å². The van der Waals surface area contributed by atoms with Gasteiger partial charge in [-0.1, -0.05) is 72.8 Å². The van der Waals surface area contributed by atoms with Crippen LogP contribution in [0.2, 0.25) is 0 Å². The third-order valence-electron chi connectivity index (χ3n) is 6.07. The second-order valence-electron chi connectivity index (χ2n) is 8.73. The standard InChI is InChI=1S/C32H33NO3/c1-24(20-26-12-14-29(35-2)15-13-26)31-21-30(36-23-28-6-4-3-5-7-28)16-17-32(31)33-22-27-10-8-25(9-11-27)18-19-34/h3-17,20-21,33-34H,18-19,22-23H2,1-2H3/b24-20+. The van der Waals surface area contributed by atoms with E-state index in [0.29, 0.717) is 19.6 Å². The molecule has 0 spiro atoms. The Labute approximate surface area is 213 Å². The van der Waals surface area contributed by atoms with Gasteiger partial charge in [-0.05, 0) is 71.5 Å². The Bertz CT molecular complexity index is 1260. The number of aliphatic hydroxyl groups is 1. The molecule has 4 heteroatoms. The number of rotatable bonds is 11. The molecule has 0 aliphatic heterocycles. The maximum Gasteiger partial charge on any atom is 0.120 e. The first-order valence-electron chi connectivity index (χ1n) is 12.2. The number of hydrogen-bond donors (Lipinski definition) is 2. The Kier molecular flexibility index (Phi) is 8.79. The molecule has 0 unspecified atom stereocenters. The van der Waals surface area contributed by atoms with Crippen molar-refractivity contribution >= 4 is 17.3 Å². The van der Waals surface area contributed by atoms with Crippen LogP contribution in [0.25, 0.3) is 11.6 Å². The molecule has 0 aliphatic rings. The summed E-state index contributed by atoms with van der Waals surface area (Å²) in [6.45, 7) is 3.51. The van der Waals surface area contributed by atoms with E-state index in [-0.39, 0.29) is 6.61 Å². The molecular formula is C32H33NO3. The van der Waals surface area contributed by atoms with Gasteiger partial charge < -0.3 is 19.9 Å².